The minimum absolute atomic E-state index is 0.110. The van der Waals surface area contributed by atoms with E-state index in [9.17, 15) is 22.2 Å². The van der Waals surface area contributed by atoms with Crippen LogP contribution in [0.1, 0.15) is 6.92 Å². The summed E-state index contributed by atoms with van der Waals surface area (Å²) in [7, 11) is 0. The summed E-state index contributed by atoms with van der Waals surface area (Å²) in [6.07, 6.45) is -4.75. The summed E-state index contributed by atoms with van der Waals surface area (Å²) in [6, 6.07) is 11.4. The highest BCUT2D eigenvalue weighted by Gasteiger charge is 2.31. The van der Waals surface area contributed by atoms with Crippen molar-refractivity contribution in [1.29, 1.82) is 0 Å². The molecule has 2 atom stereocenters. The molecule has 2 aromatic carbocycles. The standard InChI is InChI=1S/C20H22F3N3O4S/c1-14(24-15-2-6-17(7-3-15)30-20(21,22)23)19(27)26-12-10-25(11-13-26)16-4-8-18(9-5-16)31(28)29/h2-9,14,24H,10-13H2,1H3,(H,28,29). The van der Waals surface area contributed by atoms with Crippen LogP contribution in [-0.4, -0.2) is 58.2 Å². The number of amides is 1. The van der Waals surface area contributed by atoms with Gasteiger partial charge < -0.3 is 24.4 Å². The number of halogens is 3. The van der Waals surface area contributed by atoms with Gasteiger partial charge in [-0.25, -0.2) is 4.21 Å². The smallest absolute Gasteiger partial charge is 0.406 e. The molecule has 168 valence electrons. The van der Waals surface area contributed by atoms with Gasteiger partial charge in [0.05, 0.1) is 4.90 Å². The van der Waals surface area contributed by atoms with Crippen LogP contribution in [0.15, 0.2) is 53.4 Å². The predicted molar refractivity (Wildman–Crippen MR) is 110 cm³/mol. The topological polar surface area (TPSA) is 82.1 Å². The van der Waals surface area contributed by atoms with Crippen LogP contribution in [0.5, 0.6) is 5.75 Å². The van der Waals surface area contributed by atoms with E-state index in [1.807, 2.05) is 0 Å². The number of hydrogen-bond donors (Lipinski definition) is 2. The van der Waals surface area contributed by atoms with E-state index in [0.717, 1.165) is 5.69 Å². The summed E-state index contributed by atoms with van der Waals surface area (Å²) >= 11 is -2.02. The van der Waals surface area contributed by atoms with Gasteiger partial charge in [0.25, 0.3) is 0 Å². The highest BCUT2D eigenvalue weighted by atomic mass is 32.2. The van der Waals surface area contributed by atoms with Gasteiger partial charge in [-0.1, -0.05) is 0 Å². The maximum absolute atomic E-state index is 12.7. The van der Waals surface area contributed by atoms with Crippen molar-refractivity contribution < 1.29 is 31.5 Å². The van der Waals surface area contributed by atoms with Crippen molar-refractivity contribution in [3.05, 3.63) is 48.5 Å². The molecule has 7 nitrogen and oxygen atoms in total. The molecule has 1 aliphatic rings. The van der Waals surface area contributed by atoms with Crippen molar-refractivity contribution in [1.82, 2.24) is 4.90 Å². The van der Waals surface area contributed by atoms with Crippen molar-refractivity contribution in [2.75, 3.05) is 36.4 Å². The van der Waals surface area contributed by atoms with Gasteiger partial charge >= 0.3 is 6.36 Å². The maximum Gasteiger partial charge on any atom is 0.573 e. The van der Waals surface area contributed by atoms with E-state index in [2.05, 4.69) is 15.0 Å². The van der Waals surface area contributed by atoms with Crippen molar-refractivity contribution in [2.45, 2.75) is 24.2 Å². The second-order valence-corrected chi connectivity index (χ2v) is 7.96. The Morgan fingerprint density at radius 1 is 1.06 bits per heavy atom. The minimum atomic E-state index is -4.75. The van der Waals surface area contributed by atoms with Crippen LogP contribution >= 0.6 is 0 Å². The lowest BCUT2D eigenvalue weighted by Gasteiger charge is -2.37. The lowest BCUT2D eigenvalue weighted by atomic mass is 10.2. The SMILES string of the molecule is CC(Nc1ccc(OC(F)(F)F)cc1)C(=O)N1CCN(c2ccc(S(=O)O)cc2)CC1. The van der Waals surface area contributed by atoms with Crippen LogP contribution < -0.4 is 15.0 Å². The monoisotopic (exact) mass is 457 g/mol. The van der Waals surface area contributed by atoms with Gasteiger partial charge in [-0.3, -0.25) is 4.79 Å². The zero-order valence-electron chi connectivity index (χ0n) is 16.6. The van der Waals surface area contributed by atoms with Crippen LogP contribution in [0, 0.1) is 0 Å². The Morgan fingerprint density at radius 3 is 2.16 bits per heavy atom. The van der Waals surface area contributed by atoms with E-state index in [1.165, 1.54) is 24.3 Å². The largest absolute Gasteiger partial charge is 0.573 e. The summed E-state index contributed by atoms with van der Waals surface area (Å²) < 4.78 is 60.7. The van der Waals surface area contributed by atoms with Crippen LogP contribution in [0.4, 0.5) is 24.5 Å². The summed E-state index contributed by atoms with van der Waals surface area (Å²) in [6.45, 7) is 3.95. The van der Waals surface area contributed by atoms with Crippen LogP contribution in [-0.2, 0) is 15.9 Å². The van der Waals surface area contributed by atoms with Gasteiger partial charge in [-0.2, -0.15) is 0 Å². The Morgan fingerprint density at radius 2 is 1.65 bits per heavy atom. The fourth-order valence-corrected chi connectivity index (χ4v) is 3.67. The molecule has 1 fully saturated rings. The molecule has 3 rings (SSSR count). The molecule has 0 radical (unpaired) electrons. The normalized spacial score (nSPS) is 16.5. The molecule has 31 heavy (non-hydrogen) atoms. The van der Waals surface area contributed by atoms with Gasteiger partial charge in [0, 0.05) is 37.6 Å². The summed E-state index contributed by atoms with van der Waals surface area (Å²) in [5.41, 5.74) is 1.42. The van der Waals surface area contributed by atoms with Crippen molar-refractivity contribution in [3.63, 3.8) is 0 Å². The fourth-order valence-electron chi connectivity index (χ4n) is 3.30. The number of piperazine rings is 1. The fraction of sp³-hybridized carbons (Fsp3) is 0.350. The molecular weight excluding hydrogens is 435 g/mol. The molecule has 0 saturated carbocycles. The number of anilines is 2. The molecule has 1 amide bonds. The van der Waals surface area contributed by atoms with Crippen molar-refractivity contribution in [2.24, 2.45) is 0 Å². The highest BCUT2D eigenvalue weighted by molar-refractivity contribution is 7.79. The molecule has 1 heterocycles. The number of ether oxygens (including phenoxy) is 1. The van der Waals surface area contributed by atoms with Gasteiger partial charge in [-0.15, -0.1) is 13.2 Å². The first-order valence-corrected chi connectivity index (χ1v) is 10.6. The molecule has 2 N–H and O–H groups in total. The van der Waals surface area contributed by atoms with Crippen LogP contribution in [0.25, 0.3) is 0 Å². The molecule has 1 aliphatic heterocycles. The third-order valence-electron chi connectivity index (χ3n) is 4.84. The Hall–Kier alpha value is -2.79. The lowest BCUT2D eigenvalue weighted by Crippen LogP contribution is -2.52. The van der Waals surface area contributed by atoms with Gasteiger partial charge in [-0.05, 0) is 55.5 Å². The minimum Gasteiger partial charge on any atom is -0.406 e. The molecule has 1 saturated heterocycles. The number of alkyl halides is 3. The third-order valence-corrected chi connectivity index (χ3v) is 5.51. The number of carbonyl (C=O) groups is 1. The second kappa shape index (κ2) is 9.56. The first-order chi connectivity index (χ1) is 14.6. The number of hydrogen-bond acceptors (Lipinski definition) is 5. The Labute approximate surface area is 180 Å². The molecule has 0 aliphatic carbocycles. The second-order valence-electron chi connectivity index (χ2n) is 6.99. The van der Waals surface area contributed by atoms with Gasteiger partial charge in [0.2, 0.25) is 5.91 Å². The summed E-state index contributed by atoms with van der Waals surface area (Å²) in [5.74, 6) is -0.437. The lowest BCUT2D eigenvalue weighted by molar-refractivity contribution is -0.274. The number of nitrogens with zero attached hydrogens (tertiary/aromatic N) is 2. The van der Waals surface area contributed by atoms with E-state index in [1.54, 1.807) is 36.1 Å². The first kappa shape index (κ1) is 22.9. The van der Waals surface area contributed by atoms with Crippen molar-refractivity contribution in [3.8, 4) is 5.75 Å². The molecule has 11 heteroatoms. The Kier molecular flexibility index (Phi) is 7.06. The quantitative estimate of drug-likeness (QED) is 0.648. The summed E-state index contributed by atoms with van der Waals surface area (Å²) in [5, 5.41) is 2.99. The van der Waals surface area contributed by atoms with Crippen LogP contribution in [0.2, 0.25) is 0 Å². The number of nitrogens with one attached hydrogen (secondary N) is 1. The zero-order valence-corrected chi connectivity index (χ0v) is 17.4. The summed E-state index contributed by atoms with van der Waals surface area (Å²) in [4.78, 5) is 16.9. The van der Waals surface area contributed by atoms with E-state index in [-0.39, 0.29) is 11.7 Å². The molecule has 0 aromatic heterocycles. The third kappa shape index (κ3) is 6.34. The van der Waals surface area contributed by atoms with Crippen LogP contribution in [0.3, 0.4) is 0 Å². The highest BCUT2D eigenvalue weighted by Crippen LogP contribution is 2.24. The Balaban J connectivity index is 1.51. The van der Waals surface area contributed by atoms with E-state index >= 15 is 0 Å². The van der Waals surface area contributed by atoms with E-state index < -0.39 is 23.5 Å². The number of rotatable bonds is 6. The van der Waals surface area contributed by atoms with Gasteiger partial charge in [0.1, 0.15) is 11.8 Å². The maximum atomic E-state index is 12.7. The molecule has 0 spiro atoms. The first-order valence-electron chi connectivity index (χ1n) is 9.49. The zero-order chi connectivity index (χ0) is 22.6. The van der Waals surface area contributed by atoms with Crippen molar-refractivity contribution >= 4 is 28.4 Å². The van der Waals surface area contributed by atoms with E-state index in [4.69, 9.17) is 4.55 Å². The predicted octanol–water partition coefficient (Wildman–Crippen LogP) is 3.32. The number of benzene rings is 2. The molecular formula is C20H22F3N3O4S. The van der Waals surface area contributed by atoms with E-state index in [0.29, 0.717) is 36.8 Å². The number of carbonyl (C=O) groups excluding carboxylic acids is 1. The molecule has 2 unspecified atom stereocenters. The Bertz CT molecular complexity index is 915. The average Bonchev–Trinajstić information content (AvgIpc) is 2.74. The molecule has 2 aromatic rings. The average molecular weight is 457 g/mol. The molecule has 0 bridgehead atoms. The van der Waals surface area contributed by atoms with Gasteiger partial charge in [0.15, 0.2) is 11.1 Å².